The topological polar surface area (TPSA) is 60.7 Å². The Kier molecular flexibility index (Phi) is 5.96. The molecule has 0 aliphatic carbocycles. The third-order valence-corrected chi connectivity index (χ3v) is 7.05. The molecule has 0 amide bonds. The van der Waals surface area contributed by atoms with E-state index in [-0.39, 0.29) is 9.70 Å². The smallest absolute Gasteiger partial charge is 0.285 e. The Bertz CT molecular complexity index is 1120. The van der Waals surface area contributed by atoms with Crippen LogP contribution in [0.4, 0.5) is 0 Å². The fourth-order valence-electron chi connectivity index (χ4n) is 2.33. The molecule has 26 heavy (non-hydrogen) atoms. The molecule has 10 heteroatoms. The van der Waals surface area contributed by atoms with Gasteiger partial charge in [0.15, 0.2) is 0 Å². The van der Waals surface area contributed by atoms with Gasteiger partial charge in [0.05, 0.1) is 31.8 Å². The molecule has 0 saturated heterocycles. The van der Waals surface area contributed by atoms with Crippen molar-refractivity contribution in [2.45, 2.75) is 11.4 Å². The van der Waals surface area contributed by atoms with Crippen molar-refractivity contribution in [3.8, 4) is 0 Å². The number of thiazole rings is 1. The molecular weight excluding hydrogens is 439 g/mol. The van der Waals surface area contributed by atoms with Crippen molar-refractivity contribution in [2.75, 3.05) is 13.7 Å². The van der Waals surface area contributed by atoms with Crippen molar-refractivity contribution in [3.63, 3.8) is 0 Å². The first-order valence-electron chi connectivity index (χ1n) is 7.36. The van der Waals surface area contributed by atoms with Gasteiger partial charge < -0.3 is 9.30 Å². The highest BCUT2D eigenvalue weighted by Gasteiger charge is 2.17. The third-order valence-electron chi connectivity index (χ3n) is 3.56. The van der Waals surface area contributed by atoms with Gasteiger partial charge in [0.25, 0.3) is 10.0 Å². The molecule has 0 saturated carbocycles. The minimum atomic E-state index is -3.92. The predicted molar refractivity (Wildman–Crippen MR) is 106 cm³/mol. The van der Waals surface area contributed by atoms with E-state index in [4.69, 9.17) is 39.5 Å². The zero-order valence-electron chi connectivity index (χ0n) is 13.4. The van der Waals surface area contributed by atoms with Gasteiger partial charge in [0, 0.05) is 18.7 Å². The second-order valence-corrected chi connectivity index (χ2v) is 9.09. The van der Waals surface area contributed by atoms with Gasteiger partial charge in [0.2, 0.25) is 4.80 Å². The molecule has 2 aromatic carbocycles. The number of nitrogens with zero attached hydrogens (tertiary/aromatic N) is 2. The summed E-state index contributed by atoms with van der Waals surface area (Å²) in [4.78, 5) is 0.317. The average molecular weight is 452 g/mol. The summed E-state index contributed by atoms with van der Waals surface area (Å²) in [6.07, 6.45) is 0. The van der Waals surface area contributed by atoms with Crippen LogP contribution in [-0.2, 0) is 21.3 Å². The minimum Gasteiger partial charge on any atom is -0.383 e. The van der Waals surface area contributed by atoms with E-state index in [1.54, 1.807) is 23.8 Å². The SMILES string of the molecule is COCCn1/c(=N/S(=O)(=O)c2ccc(Cl)cc2)sc2c(Cl)ccc(Cl)c21. The summed E-state index contributed by atoms with van der Waals surface area (Å²) >= 11 is 19.5. The molecule has 0 aliphatic heterocycles. The fourth-order valence-corrected chi connectivity index (χ4v) is 5.33. The Morgan fingerprint density at radius 1 is 1.08 bits per heavy atom. The highest BCUT2D eigenvalue weighted by Crippen LogP contribution is 2.32. The number of benzene rings is 2. The predicted octanol–water partition coefficient (Wildman–Crippen LogP) is 4.60. The van der Waals surface area contributed by atoms with E-state index < -0.39 is 10.0 Å². The Balaban J connectivity index is 2.26. The molecule has 0 atom stereocenters. The number of halogens is 3. The van der Waals surface area contributed by atoms with Crippen LogP contribution in [0.2, 0.25) is 15.1 Å². The van der Waals surface area contributed by atoms with Gasteiger partial charge in [-0.15, -0.1) is 4.40 Å². The second-order valence-electron chi connectivity index (χ2n) is 5.26. The largest absolute Gasteiger partial charge is 0.383 e. The maximum Gasteiger partial charge on any atom is 0.285 e. The van der Waals surface area contributed by atoms with Crippen LogP contribution in [0.25, 0.3) is 10.2 Å². The molecule has 3 aromatic rings. The van der Waals surface area contributed by atoms with E-state index >= 15 is 0 Å². The fraction of sp³-hybridized carbons (Fsp3) is 0.188. The Morgan fingerprint density at radius 3 is 2.38 bits per heavy atom. The molecule has 0 spiro atoms. The van der Waals surface area contributed by atoms with Gasteiger partial charge in [-0.3, -0.25) is 0 Å². The van der Waals surface area contributed by atoms with Crippen molar-refractivity contribution in [3.05, 3.63) is 56.3 Å². The number of hydrogen-bond acceptors (Lipinski definition) is 4. The number of aromatic nitrogens is 1. The third kappa shape index (κ3) is 3.93. The summed E-state index contributed by atoms with van der Waals surface area (Å²) in [6.45, 7) is 0.744. The lowest BCUT2D eigenvalue weighted by molar-refractivity contribution is 0.187. The standard InChI is InChI=1S/C16H13Cl3N2O3S2/c1-24-9-8-21-14-12(18)6-7-13(19)15(14)25-16(21)20-26(22,23)11-4-2-10(17)3-5-11/h2-7H,8-9H2,1H3/b20-16-. The van der Waals surface area contributed by atoms with E-state index in [1.165, 1.54) is 24.3 Å². The number of sulfonamides is 1. The van der Waals surface area contributed by atoms with Crippen LogP contribution in [0.1, 0.15) is 0 Å². The van der Waals surface area contributed by atoms with E-state index in [0.29, 0.717) is 38.4 Å². The molecular formula is C16H13Cl3N2O3S2. The average Bonchev–Trinajstić information content (AvgIpc) is 2.95. The summed E-state index contributed by atoms with van der Waals surface area (Å²) in [5.74, 6) is 0. The van der Waals surface area contributed by atoms with E-state index in [2.05, 4.69) is 4.40 Å². The molecule has 0 bridgehead atoms. The Labute approximate surface area is 169 Å². The van der Waals surface area contributed by atoms with E-state index in [0.717, 1.165) is 11.3 Å². The summed E-state index contributed by atoms with van der Waals surface area (Å²) < 4.78 is 36.8. The van der Waals surface area contributed by atoms with Gasteiger partial charge >= 0.3 is 0 Å². The van der Waals surface area contributed by atoms with Crippen LogP contribution in [0, 0.1) is 0 Å². The number of fused-ring (bicyclic) bond motifs is 1. The lowest BCUT2D eigenvalue weighted by Crippen LogP contribution is -2.19. The molecule has 1 aromatic heterocycles. The van der Waals surface area contributed by atoms with Crippen LogP contribution < -0.4 is 4.80 Å². The number of ether oxygens (including phenoxy) is 1. The van der Waals surface area contributed by atoms with Crippen molar-refractivity contribution in [1.29, 1.82) is 0 Å². The van der Waals surface area contributed by atoms with Gasteiger partial charge in [-0.1, -0.05) is 46.1 Å². The van der Waals surface area contributed by atoms with Crippen molar-refractivity contribution < 1.29 is 13.2 Å². The monoisotopic (exact) mass is 450 g/mol. The molecule has 0 fully saturated rings. The van der Waals surface area contributed by atoms with Gasteiger partial charge in [-0.05, 0) is 36.4 Å². The number of rotatable bonds is 5. The summed E-state index contributed by atoms with van der Waals surface area (Å²) in [6, 6.07) is 9.16. The molecule has 0 unspecified atom stereocenters. The van der Waals surface area contributed by atoms with Crippen molar-refractivity contribution in [2.24, 2.45) is 4.40 Å². The van der Waals surface area contributed by atoms with Gasteiger partial charge in [-0.2, -0.15) is 8.42 Å². The first-order chi connectivity index (χ1) is 12.3. The zero-order valence-corrected chi connectivity index (χ0v) is 17.3. The number of methoxy groups -OCH3 is 1. The van der Waals surface area contributed by atoms with Crippen molar-refractivity contribution >= 4 is 66.4 Å². The quantitative estimate of drug-likeness (QED) is 0.569. The molecule has 138 valence electrons. The number of hydrogen-bond donors (Lipinski definition) is 0. The highest BCUT2D eigenvalue weighted by molar-refractivity contribution is 7.90. The Morgan fingerprint density at radius 2 is 1.73 bits per heavy atom. The Hall–Kier alpha value is -1.09. The lowest BCUT2D eigenvalue weighted by Gasteiger charge is -2.06. The van der Waals surface area contributed by atoms with Crippen LogP contribution in [0.15, 0.2) is 45.7 Å². The normalized spacial score (nSPS) is 12.8. The van der Waals surface area contributed by atoms with Crippen LogP contribution in [0.3, 0.4) is 0 Å². The molecule has 1 heterocycles. The van der Waals surface area contributed by atoms with Crippen molar-refractivity contribution in [1.82, 2.24) is 4.57 Å². The maximum atomic E-state index is 12.7. The molecule has 5 nitrogen and oxygen atoms in total. The van der Waals surface area contributed by atoms with Crippen LogP contribution in [-0.4, -0.2) is 26.7 Å². The summed E-state index contributed by atoms with van der Waals surface area (Å²) in [5, 5.41) is 1.38. The van der Waals surface area contributed by atoms with Gasteiger partial charge in [0.1, 0.15) is 0 Å². The maximum absolute atomic E-state index is 12.7. The molecule has 0 radical (unpaired) electrons. The van der Waals surface area contributed by atoms with Crippen LogP contribution in [0.5, 0.6) is 0 Å². The zero-order chi connectivity index (χ0) is 18.9. The minimum absolute atomic E-state index is 0.0508. The van der Waals surface area contributed by atoms with Crippen LogP contribution >= 0.6 is 46.1 Å². The first kappa shape index (κ1) is 19.7. The van der Waals surface area contributed by atoms with Gasteiger partial charge in [-0.25, -0.2) is 0 Å². The van der Waals surface area contributed by atoms with E-state index in [9.17, 15) is 8.42 Å². The summed E-state index contributed by atoms with van der Waals surface area (Å²) in [7, 11) is -2.36. The second kappa shape index (κ2) is 7.88. The first-order valence-corrected chi connectivity index (χ1v) is 10.8. The molecule has 3 rings (SSSR count). The lowest BCUT2D eigenvalue weighted by atomic mass is 10.3. The highest BCUT2D eigenvalue weighted by atomic mass is 35.5. The molecule has 0 aliphatic rings. The summed E-state index contributed by atoms with van der Waals surface area (Å²) in [5.41, 5.74) is 0.631. The van der Waals surface area contributed by atoms with E-state index in [1.807, 2.05) is 0 Å². The molecule has 0 N–H and O–H groups in total.